The average molecular weight is 376 g/mol. The fourth-order valence-electron chi connectivity index (χ4n) is 3.82. The minimum atomic E-state index is -0.906. The molecule has 0 aromatic heterocycles. The number of hydrogen-bond acceptors (Lipinski definition) is 5. The van der Waals surface area contributed by atoms with Crippen LogP contribution in [-0.4, -0.2) is 54.4 Å². The molecule has 0 saturated heterocycles. The van der Waals surface area contributed by atoms with Gasteiger partial charge < -0.3 is 24.4 Å². The van der Waals surface area contributed by atoms with Crippen LogP contribution in [0, 0.1) is 0 Å². The minimum absolute atomic E-state index is 0.242. The summed E-state index contributed by atoms with van der Waals surface area (Å²) >= 11 is 0. The number of anilines is 1. The second-order valence-corrected chi connectivity index (χ2v) is 8.30. The first kappa shape index (κ1) is 20.0. The molecule has 0 bridgehead atoms. The van der Waals surface area contributed by atoms with Gasteiger partial charge in [-0.2, -0.15) is 0 Å². The average Bonchev–Trinajstić information content (AvgIpc) is 2.80. The number of aryl methyl sites for hydroxylation is 1. The Kier molecular flexibility index (Phi) is 5.96. The molecule has 0 spiro atoms. The number of aliphatic hydroxyl groups is 1. The Balaban J connectivity index is 1.78. The van der Waals surface area contributed by atoms with Gasteiger partial charge in [-0.1, -0.05) is 6.07 Å². The molecule has 1 atom stereocenters. The maximum atomic E-state index is 12.4. The van der Waals surface area contributed by atoms with Crippen molar-refractivity contribution in [1.29, 1.82) is 0 Å². The number of carbonyl (C=O) groups is 1. The Morgan fingerprint density at radius 1 is 1.11 bits per heavy atom. The largest absolute Gasteiger partial charge is 0.444 e. The molecule has 1 unspecified atom stereocenters. The fraction of sp³-hybridized carbons (Fsp3) is 0.667. The molecule has 1 aromatic rings. The number of amides is 1. The second-order valence-electron chi connectivity index (χ2n) is 8.30. The quantitative estimate of drug-likeness (QED) is 0.822. The summed E-state index contributed by atoms with van der Waals surface area (Å²) < 4.78 is 10.9. The Hall–Kier alpha value is -1.79. The Morgan fingerprint density at radius 2 is 1.78 bits per heavy atom. The first-order chi connectivity index (χ1) is 12.8. The van der Waals surface area contributed by atoms with E-state index in [1.807, 2.05) is 32.6 Å². The Bertz CT molecular complexity index is 683. The summed E-state index contributed by atoms with van der Waals surface area (Å²) in [5.41, 5.74) is 4.38. The van der Waals surface area contributed by atoms with E-state index in [0.29, 0.717) is 19.7 Å². The van der Waals surface area contributed by atoms with Crippen LogP contribution >= 0.6 is 0 Å². The van der Waals surface area contributed by atoms with Crippen LogP contribution in [0.5, 0.6) is 0 Å². The summed E-state index contributed by atoms with van der Waals surface area (Å²) in [6, 6.07) is 4.44. The molecule has 27 heavy (non-hydrogen) atoms. The maximum Gasteiger partial charge on any atom is 0.410 e. The van der Waals surface area contributed by atoms with Gasteiger partial charge in [-0.3, -0.25) is 0 Å². The van der Waals surface area contributed by atoms with Crippen molar-refractivity contribution in [3.8, 4) is 0 Å². The molecule has 0 saturated carbocycles. The van der Waals surface area contributed by atoms with E-state index in [4.69, 9.17) is 9.47 Å². The molecule has 3 rings (SSSR count). The van der Waals surface area contributed by atoms with Gasteiger partial charge in [0.25, 0.3) is 0 Å². The maximum absolute atomic E-state index is 12.4. The van der Waals surface area contributed by atoms with Gasteiger partial charge >= 0.3 is 6.09 Å². The highest BCUT2D eigenvalue weighted by atomic mass is 16.6. The van der Waals surface area contributed by atoms with Crippen LogP contribution in [0.25, 0.3) is 0 Å². The van der Waals surface area contributed by atoms with Gasteiger partial charge in [-0.05, 0) is 76.1 Å². The van der Waals surface area contributed by atoms with Crippen molar-refractivity contribution in [2.24, 2.45) is 0 Å². The number of benzene rings is 1. The van der Waals surface area contributed by atoms with Crippen LogP contribution in [0.4, 0.5) is 10.5 Å². The van der Waals surface area contributed by atoms with E-state index in [0.717, 1.165) is 37.9 Å². The third-order valence-corrected chi connectivity index (χ3v) is 5.09. The van der Waals surface area contributed by atoms with E-state index in [-0.39, 0.29) is 6.09 Å². The third kappa shape index (κ3) is 4.74. The monoisotopic (exact) mass is 376 g/mol. The molecule has 2 aliphatic rings. The lowest BCUT2D eigenvalue weighted by atomic mass is 9.93. The van der Waals surface area contributed by atoms with Gasteiger partial charge in [0.15, 0.2) is 0 Å². The number of hydrogen-bond donors (Lipinski definition) is 1. The summed E-state index contributed by atoms with van der Waals surface area (Å²) in [6.45, 7) is 10.1. The van der Waals surface area contributed by atoms with Gasteiger partial charge in [0.2, 0.25) is 6.41 Å². The molecule has 150 valence electrons. The fourth-order valence-corrected chi connectivity index (χ4v) is 3.82. The zero-order valence-corrected chi connectivity index (χ0v) is 17.0. The van der Waals surface area contributed by atoms with Crippen LogP contribution in [0.2, 0.25) is 0 Å². The van der Waals surface area contributed by atoms with Crippen molar-refractivity contribution < 1.29 is 19.4 Å². The van der Waals surface area contributed by atoms with E-state index in [2.05, 4.69) is 12.1 Å². The van der Waals surface area contributed by atoms with E-state index in [1.165, 1.54) is 16.7 Å². The molecule has 1 amide bonds. The summed E-state index contributed by atoms with van der Waals surface area (Å²) in [4.78, 5) is 16.2. The Labute approximate surface area is 162 Å². The number of nitrogens with zero attached hydrogens (tertiary/aromatic N) is 2. The zero-order valence-electron chi connectivity index (χ0n) is 17.0. The van der Waals surface area contributed by atoms with Crippen LogP contribution in [0.15, 0.2) is 12.1 Å². The number of fused-ring (bicyclic) bond motifs is 2. The molecule has 1 N–H and O–H groups in total. The summed E-state index contributed by atoms with van der Waals surface area (Å²) in [5.74, 6) is 0. The molecule has 0 aliphatic carbocycles. The van der Waals surface area contributed by atoms with Gasteiger partial charge in [0.05, 0.1) is 0 Å². The lowest BCUT2D eigenvalue weighted by molar-refractivity contribution is -0.0952. The number of aliphatic hydroxyl groups excluding tert-OH is 1. The lowest BCUT2D eigenvalue weighted by Crippen LogP contribution is -2.41. The molecule has 0 radical (unpaired) electrons. The van der Waals surface area contributed by atoms with E-state index in [9.17, 15) is 9.90 Å². The van der Waals surface area contributed by atoms with E-state index >= 15 is 0 Å². The van der Waals surface area contributed by atoms with Crippen molar-refractivity contribution in [2.75, 3.05) is 31.1 Å². The van der Waals surface area contributed by atoms with E-state index < -0.39 is 12.0 Å². The van der Waals surface area contributed by atoms with E-state index in [1.54, 1.807) is 4.90 Å². The lowest BCUT2D eigenvalue weighted by Gasteiger charge is -2.35. The third-order valence-electron chi connectivity index (χ3n) is 5.09. The standard InChI is InChI=1S/C21H32N2O4/c1-5-26-20(25)23-10-6-7-17-13-15-8-11-22(19(24)27-21(2,3)4)12-9-16(15)14-18(17)23/h13-14,20,25H,5-12H2,1-4H3. The topological polar surface area (TPSA) is 62.2 Å². The Morgan fingerprint density at radius 3 is 2.41 bits per heavy atom. The minimum Gasteiger partial charge on any atom is -0.444 e. The summed E-state index contributed by atoms with van der Waals surface area (Å²) in [7, 11) is 0. The molecule has 6 nitrogen and oxygen atoms in total. The predicted octanol–water partition coefficient (Wildman–Crippen LogP) is 3.09. The van der Waals surface area contributed by atoms with Crippen molar-refractivity contribution >= 4 is 11.8 Å². The van der Waals surface area contributed by atoms with Gasteiger partial charge in [-0.15, -0.1) is 0 Å². The van der Waals surface area contributed by atoms with Crippen LogP contribution in [0.3, 0.4) is 0 Å². The first-order valence-electron chi connectivity index (χ1n) is 9.97. The van der Waals surface area contributed by atoms with Gasteiger partial charge in [0.1, 0.15) is 5.60 Å². The van der Waals surface area contributed by atoms with Crippen molar-refractivity contribution in [3.63, 3.8) is 0 Å². The summed E-state index contributed by atoms with van der Waals surface area (Å²) in [6.07, 6.45) is 2.48. The summed E-state index contributed by atoms with van der Waals surface area (Å²) in [5, 5.41) is 10.3. The predicted molar refractivity (Wildman–Crippen MR) is 105 cm³/mol. The van der Waals surface area contributed by atoms with Crippen molar-refractivity contribution in [1.82, 2.24) is 4.90 Å². The molecule has 2 aliphatic heterocycles. The smallest absolute Gasteiger partial charge is 0.410 e. The number of rotatable bonds is 3. The highest BCUT2D eigenvalue weighted by Gasteiger charge is 2.27. The van der Waals surface area contributed by atoms with Crippen LogP contribution < -0.4 is 4.90 Å². The molecular formula is C21H32N2O4. The number of carbonyl (C=O) groups excluding carboxylic acids is 1. The molecule has 2 heterocycles. The molecule has 1 aromatic carbocycles. The highest BCUT2D eigenvalue weighted by Crippen LogP contribution is 2.33. The van der Waals surface area contributed by atoms with Crippen LogP contribution in [0.1, 0.15) is 50.8 Å². The first-order valence-corrected chi connectivity index (χ1v) is 9.97. The SMILES string of the molecule is CCOC(O)N1CCCc2cc3c(cc21)CCN(C(=O)OC(C)(C)C)CC3. The van der Waals surface area contributed by atoms with Gasteiger partial charge in [0, 0.05) is 31.9 Å². The molecule has 6 heteroatoms. The second kappa shape index (κ2) is 8.07. The van der Waals surface area contributed by atoms with Gasteiger partial charge in [-0.25, -0.2) is 4.79 Å². The van der Waals surface area contributed by atoms with Crippen LogP contribution in [-0.2, 0) is 28.7 Å². The molecular weight excluding hydrogens is 344 g/mol. The highest BCUT2D eigenvalue weighted by molar-refractivity contribution is 5.68. The normalized spacial score (nSPS) is 18.4. The van der Waals surface area contributed by atoms with Crippen molar-refractivity contribution in [2.45, 2.75) is 65.4 Å². The molecule has 0 fully saturated rings. The number of ether oxygens (including phenoxy) is 2. The zero-order chi connectivity index (χ0) is 19.6. The van der Waals surface area contributed by atoms with Crippen molar-refractivity contribution in [3.05, 3.63) is 28.8 Å².